The molecule has 3 aromatic rings. The maximum Gasteiger partial charge on any atom is 0.334 e. The lowest BCUT2D eigenvalue weighted by molar-refractivity contribution is -0.139. The quantitative estimate of drug-likeness (QED) is 0.0653. The molecule has 37 heavy (non-hydrogen) atoms. The zero-order valence-electron chi connectivity index (χ0n) is 20.8. The van der Waals surface area contributed by atoms with E-state index >= 15 is 0 Å². The number of carbonyl (C=O) groups is 2. The van der Waals surface area contributed by atoms with Crippen LogP contribution in [0.15, 0.2) is 48.5 Å². The minimum Gasteiger partial charge on any atom is -0.422 e. The van der Waals surface area contributed by atoms with Crippen molar-refractivity contribution in [3.05, 3.63) is 77.4 Å². The highest BCUT2D eigenvalue weighted by Crippen LogP contribution is 2.25. The highest BCUT2D eigenvalue weighted by Gasteiger charge is 2.27. The van der Waals surface area contributed by atoms with Gasteiger partial charge in [-0.2, -0.15) is 4.39 Å². The van der Waals surface area contributed by atoms with Crippen molar-refractivity contribution in [3.8, 4) is 5.75 Å². The van der Waals surface area contributed by atoms with Gasteiger partial charge in [-0.3, -0.25) is 4.79 Å². The molecule has 0 saturated heterocycles. The number of fused-ring (bicyclic) bond motifs is 1. The van der Waals surface area contributed by atoms with Gasteiger partial charge >= 0.3 is 5.97 Å². The SMILES string of the molecule is CCCCCCCCCC(=O)NC(Cc1ccc2ccccc2c1)C(=O)Oc1cc(F)c(F)c(F)c1F. The number of benzene rings is 3. The molecule has 0 saturated carbocycles. The molecule has 0 aliphatic rings. The van der Waals surface area contributed by atoms with Gasteiger partial charge in [0.05, 0.1) is 0 Å². The number of hydrogen-bond acceptors (Lipinski definition) is 3. The maximum absolute atomic E-state index is 14.1. The molecule has 0 aliphatic carbocycles. The average Bonchev–Trinajstić information content (AvgIpc) is 2.89. The highest BCUT2D eigenvalue weighted by atomic mass is 19.2. The van der Waals surface area contributed by atoms with E-state index in [9.17, 15) is 27.2 Å². The smallest absolute Gasteiger partial charge is 0.334 e. The average molecular weight is 518 g/mol. The fraction of sp³-hybridized carbons (Fsp3) is 0.379. The summed E-state index contributed by atoms with van der Waals surface area (Å²) >= 11 is 0. The summed E-state index contributed by atoms with van der Waals surface area (Å²) in [5, 5.41) is 4.50. The molecule has 3 aromatic carbocycles. The first-order valence-corrected chi connectivity index (χ1v) is 12.6. The Morgan fingerprint density at radius 2 is 1.49 bits per heavy atom. The van der Waals surface area contributed by atoms with Crippen LogP contribution in [0.2, 0.25) is 0 Å². The predicted octanol–water partition coefficient (Wildman–Crippen LogP) is 7.17. The summed E-state index contributed by atoms with van der Waals surface area (Å²) in [6.07, 6.45) is 7.29. The lowest BCUT2D eigenvalue weighted by Gasteiger charge is -2.18. The Hall–Kier alpha value is -3.42. The van der Waals surface area contributed by atoms with Crippen molar-refractivity contribution in [2.45, 2.75) is 70.8 Å². The van der Waals surface area contributed by atoms with E-state index in [-0.39, 0.29) is 18.9 Å². The van der Waals surface area contributed by atoms with Gasteiger partial charge in [0, 0.05) is 18.9 Å². The van der Waals surface area contributed by atoms with Crippen molar-refractivity contribution in [2.24, 2.45) is 0 Å². The Morgan fingerprint density at radius 3 is 2.22 bits per heavy atom. The second-order valence-corrected chi connectivity index (χ2v) is 9.10. The van der Waals surface area contributed by atoms with E-state index in [1.54, 1.807) is 6.07 Å². The molecule has 1 N–H and O–H groups in total. The van der Waals surface area contributed by atoms with Gasteiger partial charge in [-0.05, 0) is 22.8 Å². The molecule has 1 atom stereocenters. The molecule has 0 spiro atoms. The van der Waals surface area contributed by atoms with Crippen LogP contribution in [0.4, 0.5) is 17.6 Å². The Morgan fingerprint density at radius 1 is 0.811 bits per heavy atom. The van der Waals surface area contributed by atoms with Crippen LogP contribution in [0, 0.1) is 23.3 Å². The molecule has 0 aliphatic heterocycles. The summed E-state index contributed by atoms with van der Waals surface area (Å²) in [5.74, 6) is -10.2. The molecule has 198 valence electrons. The normalized spacial score (nSPS) is 11.9. The lowest BCUT2D eigenvalue weighted by Crippen LogP contribution is -2.44. The molecular formula is C29H31F4NO3. The Balaban J connectivity index is 1.71. The van der Waals surface area contributed by atoms with Crippen molar-refractivity contribution in [3.63, 3.8) is 0 Å². The van der Waals surface area contributed by atoms with E-state index in [0.29, 0.717) is 12.0 Å². The van der Waals surface area contributed by atoms with E-state index in [1.165, 1.54) is 6.42 Å². The number of ether oxygens (including phenoxy) is 1. The van der Waals surface area contributed by atoms with Crippen LogP contribution >= 0.6 is 0 Å². The second kappa shape index (κ2) is 13.8. The van der Waals surface area contributed by atoms with Crippen LogP contribution in [-0.4, -0.2) is 17.9 Å². The minimum absolute atomic E-state index is 0.000202. The Kier molecular flexibility index (Phi) is 10.5. The molecule has 0 radical (unpaired) electrons. The van der Waals surface area contributed by atoms with Crippen molar-refractivity contribution in [1.82, 2.24) is 5.32 Å². The van der Waals surface area contributed by atoms with E-state index in [0.717, 1.165) is 42.9 Å². The van der Waals surface area contributed by atoms with E-state index in [2.05, 4.69) is 12.2 Å². The predicted molar refractivity (Wildman–Crippen MR) is 134 cm³/mol. The third kappa shape index (κ3) is 8.03. The molecule has 0 bridgehead atoms. The first-order chi connectivity index (χ1) is 17.8. The van der Waals surface area contributed by atoms with Gasteiger partial charge in [0.25, 0.3) is 0 Å². The number of rotatable bonds is 13. The van der Waals surface area contributed by atoms with E-state index in [1.807, 2.05) is 36.4 Å². The third-order valence-corrected chi connectivity index (χ3v) is 6.16. The number of nitrogens with one attached hydrogen (secondary N) is 1. The summed E-state index contributed by atoms with van der Waals surface area (Å²) in [5.41, 5.74) is 0.689. The first kappa shape index (κ1) is 28.2. The number of halogens is 4. The second-order valence-electron chi connectivity index (χ2n) is 9.10. The molecular weight excluding hydrogens is 486 g/mol. The number of amides is 1. The molecule has 1 unspecified atom stereocenters. The largest absolute Gasteiger partial charge is 0.422 e. The highest BCUT2D eigenvalue weighted by molar-refractivity contribution is 5.86. The van der Waals surface area contributed by atoms with Crippen LogP contribution in [0.1, 0.15) is 63.9 Å². The summed E-state index contributed by atoms with van der Waals surface area (Å²) < 4.78 is 59.5. The van der Waals surface area contributed by atoms with Gasteiger partial charge in [0.2, 0.25) is 17.5 Å². The van der Waals surface area contributed by atoms with Crippen LogP contribution in [0.5, 0.6) is 5.75 Å². The van der Waals surface area contributed by atoms with E-state index in [4.69, 9.17) is 4.74 Å². The fourth-order valence-corrected chi connectivity index (χ4v) is 4.11. The molecule has 4 nitrogen and oxygen atoms in total. The zero-order chi connectivity index (χ0) is 26.8. The van der Waals surface area contributed by atoms with Crippen LogP contribution in [0.3, 0.4) is 0 Å². The summed E-state index contributed by atoms with van der Waals surface area (Å²) in [6.45, 7) is 2.14. The monoisotopic (exact) mass is 517 g/mol. The van der Waals surface area contributed by atoms with Gasteiger partial charge in [-0.25, -0.2) is 18.0 Å². The fourth-order valence-electron chi connectivity index (χ4n) is 4.11. The molecule has 0 fully saturated rings. The molecule has 0 aromatic heterocycles. The number of unbranched alkanes of at least 4 members (excludes halogenated alkanes) is 6. The van der Waals surface area contributed by atoms with Gasteiger partial charge < -0.3 is 10.1 Å². The van der Waals surface area contributed by atoms with Crippen molar-refractivity contribution in [1.29, 1.82) is 0 Å². The lowest BCUT2D eigenvalue weighted by atomic mass is 10.0. The standard InChI is InChI=1S/C29H31F4NO3/c1-2-3-4-5-6-7-8-13-25(35)34-23(17-19-14-15-20-11-9-10-12-21(20)16-19)29(36)37-24-18-22(30)26(31)28(33)27(24)32/h9-12,14-16,18,23H,2-8,13,17H2,1H3,(H,34,35). The van der Waals surface area contributed by atoms with E-state index < -0.39 is 46.9 Å². The maximum atomic E-state index is 14.1. The number of hydrogen-bond donors (Lipinski definition) is 1. The number of carbonyl (C=O) groups excluding carboxylic acids is 2. The molecule has 8 heteroatoms. The van der Waals surface area contributed by atoms with Crippen LogP contribution < -0.4 is 10.1 Å². The first-order valence-electron chi connectivity index (χ1n) is 12.6. The Bertz CT molecular complexity index is 1230. The number of esters is 1. The zero-order valence-corrected chi connectivity index (χ0v) is 20.8. The van der Waals surface area contributed by atoms with Gasteiger partial charge in [0.15, 0.2) is 17.4 Å². The third-order valence-electron chi connectivity index (χ3n) is 6.16. The van der Waals surface area contributed by atoms with Gasteiger partial charge in [-0.1, -0.05) is 87.9 Å². The summed E-state index contributed by atoms with van der Waals surface area (Å²) in [4.78, 5) is 25.5. The summed E-state index contributed by atoms with van der Waals surface area (Å²) in [7, 11) is 0. The van der Waals surface area contributed by atoms with Crippen LogP contribution in [-0.2, 0) is 16.0 Å². The van der Waals surface area contributed by atoms with Crippen molar-refractivity contribution >= 4 is 22.6 Å². The van der Waals surface area contributed by atoms with Crippen molar-refractivity contribution < 1.29 is 31.9 Å². The van der Waals surface area contributed by atoms with Crippen molar-refractivity contribution in [2.75, 3.05) is 0 Å². The minimum atomic E-state index is -2.09. The van der Waals surface area contributed by atoms with Gasteiger partial charge in [-0.15, -0.1) is 0 Å². The molecule has 0 heterocycles. The summed E-state index contributed by atoms with van der Waals surface area (Å²) in [6, 6.07) is 12.1. The van der Waals surface area contributed by atoms with Crippen LogP contribution in [0.25, 0.3) is 10.8 Å². The molecule has 1 amide bonds. The molecule has 3 rings (SSSR count). The topological polar surface area (TPSA) is 55.4 Å². The Labute approximate surface area is 214 Å². The van der Waals surface area contributed by atoms with Gasteiger partial charge in [0.1, 0.15) is 6.04 Å².